The predicted molar refractivity (Wildman–Crippen MR) is 103 cm³/mol. The summed E-state index contributed by atoms with van der Waals surface area (Å²) < 4.78 is 7.38. The first-order valence-corrected chi connectivity index (χ1v) is 10.2. The number of carbonyl (C=O) groups excluding carboxylic acids is 2. The molecule has 1 heterocycles. The summed E-state index contributed by atoms with van der Waals surface area (Å²) in [6.07, 6.45) is 4.74. The average Bonchev–Trinajstić information content (AvgIpc) is 2.78. The Morgan fingerprint density at radius 1 is 1.26 bits per heavy atom. The summed E-state index contributed by atoms with van der Waals surface area (Å²) in [4.78, 5) is 25.4. The molecule has 0 radical (unpaired) electrons. The molecule has 4 aliphatic carbocycles. The van der Waals surface area contributed by atoms with Gasteiger partial charge >= 0.3 is 5.97 Å². The molecule has 4 saturated carbocycles. The van der Waals surface area contributed by atoms with Crippen molar-refractivity contribution in [2.75, 3.05) is 5.32 Å². The van der Waals surface area contributed by atoms with Gasteiger partial charge in [0.05, 0.1) is 22.5 Å². The third-order valence-corrected chi connectivity index (χ3v) is 7.28. The quantitative estimate of drug-likeness (QED) is 0.627. The number of anilines is 1. The van der Waals surface area contributed by atoms with E-state index in [1.807, 2.05) is 20.9 Å². The van der Waals surface area contributed by atoms with Crippen molar-refractivity contribution in [3.8, 4) is 0 Å². The number of halogens is 1. The number of amides is 1. The Morgan fingerprint density at radius 3 is 2.41 bits per heavy atom. The van der Waals surface area contributed by atoms with Crippen LogP contribution in [-0.4, -0.2) is 32.6 Å². The fourth-order valence-corrected chi connectivity index (χ4v) is 6.60. The number of nitrogens with zero attached hydrogens (tertiary/aromatic N) is 2. The first kappa shape index (κ1) is 18.8. The topological polar surface area (TPSA) is 73.2 Å². The van der Waals surface area contributed by atoms with Crippen LogP contribution >= 0.6 is 11.6 Å². The molecule has 148 valence electrons. The van der Waals surface area contributed by atoms with E-state index in [1.165, 1.54) is 6.42 Å². The zero-order valence-corrected chi connectivity index (χ0v) is 17.2. The molecule has 0 aromatic carbocycles. The lowest BCUT2D eigenvalue weighted by atomic mass is 9.49. The van der Waals surface area contributed by atoms with Crippen molar-refractivity contribution in [2.24, 2.45) is 24.3 Å². The fourth-order valence-electron chi connectivity index (χ4n) is 5.91. The highest BCUT2D eigenvalue weighted by Gasteiger charge is 2.61. The summed E-state index contributed by atoms with van der Waals surface area (Å²) in [5.74, 6) is 0.457. The minimum atomic E-state index is -0.851. The van der Waals surface area contributed by atoms with Gasteiger partial charge in [0.2, 0.25) is 0 Å². The van der Waals surface area contributed by atoms with E-state index in [1.54, 1.807) is 11.6 Å². The maximum atomic E-state index is 13.1. The Morgan fingerprint density at radius 2 is 1.89 bits per heavy atom. The number of nitrogens with one attached hydrogen (secondary N) is 1. The number of hydrogen-bond acceptors (Lipinski definition) is 4. The Balaban J connectivity index is 1.44. The number of aromatic nitrogens is 2. The highest BCUT2D eigenvalue weighted by Crippen LogP contribution is 2.64. The Kier molecular flexibility index (Phi) is 4.33. The molecule has 5 rings (SSSR count). The van der Waals surface area contributed by atoms with Gasteiger partial charge in [0, 0.05) is 11.9 Å². The van der Waals surface area contributed by atoms with E-state index in [9.17, 15) is 9.59 Å². The van der Waals surface area contributed by atoms with Crippen LogP contribution in [0.1, 0.15) is 56.8 Å². The molecule has 5 atom stereocenters. The molecule has 0 saturated heterocycles. The molecule has 6 nitrogen and oxygen atoms in total. The van der Waals surface area contributed by atoms with Gasteiger partial charge in [0.15, 0.2) is 6.10 Å². The molecule has 4 bridgehead atoms. The Labute approximate surface area is 165 Å². The van der Waals surface area contributed by atoms with Crippen LogP contribution in [0.3, 0.4) is 0 Å². The Bertz CT molecular complexity index is 789. The number of aryl methyl sites for hydroxylation is 2. The lowest BCUT2D eigenvalue weighted by molar-refractivity contribution is -0.176. The SMILES string of the molecule is Cc1nn(C)c(C)c1NC(=O)[C@@H](C)OC(=O)C12C[C@@H]3C[C@@H](CC(Cl)(C3)C1)C2. The molecule has 1 aromatic rings. The number of alkyl halides is 1. The van der Waals surface area contributed by atoms with Gasteiger partial charge in [-0.3, -0.25) is 14.3 Å². The highest BCUT2D eigenvalue weighted by molar-refractivity contribution is 6.24. The first-order valence-electron chi connectivity index (χ1n) is 9.82. The lowest BCUT2D eigenvalue weighted by Gasteiger charge is -2.58. The van der Waals surface area contributed by atoms with E-state index >= 15 is 0 Å². The van der Waals surface area contributed by atoms with E-state index in [-0.39, 0.29) is 16.8 Å². The van der Waals surface area contributed by atoms with Crippen molar-refractivity contribution < 1.29 is 14.3 Å². The maximum absolute atomic E-state index is 13.1. The Hall–Kier alpha value is -1.56. The molecule has 0 spiro atoms. The highest BCUT2D eigenvalue weighted by atomic mass is 35.5. The third-order valence-electron chi connectivity index (χ3n) is 6.83. The van der Waals surface area contributed by atoms with Crippen LogP contribution in [0.4, 0.5) is 5.69 Å². The average molecular weight is 394 g/mol. The van der Waals surface area contributed by atoms with Crippen molar-refractivity contribution >= 4 is 29.2 Å². The second-order valence-corrected chi connectivity index (χ2v) is 9.90. The van der Waals surface area contributed by atoms with E-state index in [0.29, 0.717) is 23.9 Å². The van der Waals surface area contributed by atoms with Crippen LogP contribution in [0.5, 0.6) is 0 Å². The van der Waals surface area contributed by atoms with Gasteiger partial charge < -0.3 is 10.1 Å². The number of rotatable bonds is 4. The van der Waals surface area contributed by atoms with Gasteiger partial charge in [-0.25, -0.2) is 0 Å². The molecule has 2 unspecified atom stereocenters. The molecular formula is C20H28ClN3O3. The normalized spacial score (nSPS) is 35.1. The summed E-state index contributed by atoms with van der Waals surface area (Å²) in [5, 5.41) is 7.16. The summed E-state index contributed by atoms with van der Waals surface area (Å²) in [7, 11) is 1.83. The smallest absolute Gasteiger partial charge is 0.312 e. The van der Waals surface area contributed by atoms with Crippen molar-refractivity contribution in [2.45, 2.75) is 70.3 Å². The van der Waals surface area contributed by atoms with Crippen LogP contribution in [0.15, 0.2) is 0 Å². The summed E-state index contributed by atoms with van der Waals surface area (Å²) in [6, 6.07) is 0. The summed E-state index contributed by atoms with van der Waals surface area (Å²) >= 11 is 6.81. The van der Waals surface area contributed by atoms with Crippen molar-refractivity contribution in [1.82, 2.24) is 9.78 Å². The first-order chi connectivity index (χ1) is 12.6. The molecule has 4 fully saturated rings. The standard InChI is InChI=1S/C20H28ClN3O3/c1-11-16(12(2)24(4)23-11)22-17(25)13(3)27-18(26)19-6-14-5-15(7-19)9-20(21,8-14)10-19/h13-15H,5-10H2,1-4H3,(H,22,25)/t13-,14-,15+,19?,20?/m1/s1. The molecule has 0 aliphatic heterocycles. The number of carbonyl (C=O) groups is 2. The van der Waals surface area contributed by atoms with Gasteiger partial charge in [-0.05, 0) is 71.1 Å². The van der Waals surface area contributed by atoms with Crippen LogP contribution in [0.2, 0.25) is 0 Å². The largest absolute Gasteiger partial charge is 0.452 e. The molecule has 1 amide bonds. The van der Waals surface area contributed by atoms with Crippen molar-refractivity contribution in [3.63, 3.8) is 0 Å². The molecule has 1 N–H and O–H groups in total. The van der Waals surface area contributed by atoms with Crippen LogP contribution < -0.4 is 5.32 Å². The zero-order chi connectivity index (χ0) is 19.6. The third kappa shape index (κ3) is 3.16. The molecule has 4 aliphatic rings. The minimum Gasteiger partial charge on any atom is -0.452 e. The fraction of sp³-hybridized carbons (Fsp3) is 0.750. The molecule has 1 aromatic heterocycles. The second kappa shape index (κ2) is 6.23. The molecule has 7 heteroatoms. The van der Waals surface area contributed by atoms with Gasteiger partial charge in [0.25, 0.3) is 5.91 Å². The zero-order valence-electron chi connectivity index (χ0n) is 16.5. The van der Waals surface area contributed by atoms with E-state index in [4.69, 9.17) is 16.3 Å². The molecular weight excluding hydrogens is 366 g/mol. The van der Waals surface area contributed by atoms with Crippen LogP contribution in [0.25, 0.3) is 0 Å². The number of ether oxygens (including phenoxy) is 1. The second-order valence-electron chi connectivity index (χ2n) is 9.10. The summed E-state index contributed by atoms with van der Waals surface area (Å²) in [6.45, 7) is 5.36. The van der Waals surface area contributed by atoms with E-state index in [2.05, 4.69) is 10.4 Å². The predicted octanol–water partition coefficient (Wildman–Crippen LogP) is 3.48. The number of esters is 1. The van der Waals surface area contributed by atoms with Gasteiger partial charge in [0.1, 0.15) is 0 Å². The van der Waals surface area contributed by atoms with Gasteiger partial charge in [-0.2, -0.15) is 5.10 Å². The van der Waals surface area contributed by atoms with E-state index in [0.717, 1.165) is 37.1 Å². The van der Waals surface area contributed by atoms with Crippen molar-refractivity contribution in [1.29, 1.82) is 0 Å². The number of hydrogen-bond donors (Lipinski definition) is 1. The minimum absolute atomic E-state index is 0.246. The van der Waals surface area contributed by atoms with Crippen LogP contribution in [0, 0.1) is 31.1 Å². The van der Waals surface area contributed by atoms with E-state index < -0.39 is 11.5 Å². The van der Waals surface area contributed by atoms with Gasteiger partial charge in [-0.15, -0.1) is 11.6 Å². The lowest BCUT2D eigenvalue weighted by Crippen LogP contribution is -2.57. The summed E-state index contributed by atoms with van der Waals surface area (Å²) in [5.41, 5.74) is 1.79. The molecule has 27 heavy (non-hydrogen) atoms. The van der Waals surface area contributed by atoms with Gasteiger partial charge in [-0.1, -0.05) is 0 Å². The monoisotopic (exact) mass is 393 g/mol. The van der Waals surface area contributed by atoms with Crippen LogP contribution in [-0.2, 0) is 21.4 Å². The van der Waals surface area contributed by atoms with Crippen molar-refractivity contribution in [3.05, 3.63) is 11.4 Å². The maximum Gasteiger partial charge on any atom is 0.312 e.